The molecule has 2 aromatic carbocycles. The van der Waals surface area contributed by atoms with Crippen molar-refractivity contribution in [3.63, 3.8) is 0 Å². The SMILES string of the molecule is C[C@@H](C(=O)O)N(C(=O)c1ccccc1)c1ccc(O)c(O)c1. The van der Waals surface area contributed by atoms with Crippen LogP contribution in [0.25, 0.3) is 0 Å². The van der Waals surface area contributed by atoms with Crippen LogP contribution in [0.2, 0.25) is 0 Å². The number of aromatic hydroxyl groups is 2. The van der Waals surface area contributed by atoms with Crippen molar-refractivity contribution in [2.75, 3.05) is 4.90 Å². The Hall–Kier alpha value is -3.02. The van der Waals surface area contributed by atoms with Crippen molar-refractivity contribution in [3.05, 3.63) is 54.1 Å². The van der Waals surface area contributed by atoms with Crippen LogP contribution in [0.3, 0.4) is 0 Å². The predicted octanol–water partition coefficient (Wildman–Crippen LogP) is 2.22. The van der Waals surface area contributed by atoms with Gasteiger partial charge in [0.1, 0.15) is 6.04 Å². The highest BCUT2D eigenvalue weighted by atomic mass is 16.4. The Kier molecular flexibility index (Phi) is 4.31. The first-order valence-electron chi connectivity index (χ1n) is 6.55. The lowest BCUT2D eigenvalue weighted by atomic mass is 10.1. The van der Waals surface area contributed by atoms with Gasteiger partial charge in [0.05, 0.1) is 0 Å². The van der Waals surface area contributed by atoms with Crippen LogP contribution in [0.15, 0.2) is 48.5 Å². The van der Waals surface area contributed by atoms with Gasteiger partial charge >= 0.3 is 5.97 Å². The molecule has 6 heteroatoms. The van der Waals surface area contributed by atoms with Gasteiger partial charge in [-0.15, -0.1) is 0 Å². The summed E-state index contributed by atoms with van der Waals surface area (Å²) >= 11 is 0. The molecule has 2 aromatic rings. The van der Waals surface area contributed by atoms with Gasteiger partial charge in [0, 0.05) is 17.3 Å². The van der Waals surface area contributed by atoms with Gasteiger partial charge in [-0.05, 0) is 31.2 Å². The fourth-order valence-corrected chi connectivity index (χ4v) is 2.01. The Morgan fingerprint density at radius 1 is 1.00 bits per heavy atom. The summed E-state index contributed by atoms with van der Waals surface area (Å²) in [6, 6.07) is 10.8. The molecule has 0 saturated carbocycles. The van der Waals surface area contributed by atoms with Crippen LogP contribution in [-0.2, 0) is 4.79 Å². The zero-order chi connectivity index (χ0) is 16.3. The van der Waals surface area contributed by atoms with Gasteiger partial charge in [-0.25, -0.2) is 4.79 Å². The number of carboxylic acid groups (broad SMARTS) is 1. The Balaban J connectivity index is 2.49. The first-order chi connectivity index (χ1) is 10.4. The maximum atomic E-state index is 12.6. The summed E-state index contributed by atoms with van der Waals surface area (Å²) in [6.07, 6.45) is 0. The fraction of sp³-hybridized carbons (Fsp3) is 0.125. The molecule has 0 heterocycles. The summed E-state index contributed by atoms with van der Waals surface area (Å²) < 4.78 is 0. The molecule has 0 aliphatic rings. The zero-order valence-electron chi connectivity index (χ0n) is 11.8. The first-order valence-corrected chi connectivity index (χ1v) is 6.55. The first kappa shape index (κ1) is 15.4. The smallest absolute Gasteiger partial charge is 0.326 e. The fourth-order valence-electron chi connectivity index (χ4n) is 2.01. The lowest BCUT2D eigenvalue weighted by Crippen LogP contribution is -2.43. The molecule has 3 N–H and O–H groups in total. The molecule has 1 atom stereocenters. The number of hydrogen-bond donors (Lipinski definition) is 3. The van der Waals surface area contributed by atoms with Crippen LogP contribution in [0.4, 0.5) is 5.69 Å². The van der Waals surface area contributed by atoms with Crippen molar-refractivity contribution in [3.8, 4) is 11.5 Å². The minimum Gasteiger partial charge on any atom is -0.504 e. The molecule has 0 bridgehead atoms. The van der Waals surface area contributed by atoms with E-state index in [0.29, 0.717) is 5.56 Å². The molecule has 0 spiro atoms. The molecular weight excluding hydrogens is 286 g/mol. The van der Waals surface area contributed by atoms with Crippen molar-refractivity contribution in [1.82, 2.24) is 0 Å². The average Bonchev–Trinajstić information content (AvgIpc) is 2.51. The number of hydrogen-bond acceptors (Lipinski definition) is 4. The second kappa shape index (κ2) is 6.17. The number of carbonyl (C=O) groups is 2. The number of phenolic OH excluding ortho intramolecular Hbond substituents is 2. The van der Waals surface area contributed by atoms with Crippen LogP contribution in [0, 0.1) is 0 Å². The molecular formula is C16H15NO5. The van der Waals surface area contributed by atoms with E-state index >= 15 is 0 Å². The third-order valence-electron chi connectivity index (χ3n) is 3.22. The minimum atomic E-state index is -1.18. The van der Waals surface area contributed by atoms with Gasteiger partial charge in [-0.1, -0.05) is 18.2 Å². The van der Waals surface area contributed by atoms with E-state index in [-0.39, 0.29) is 11.4 Å². The lowest BCUT2D eigenvalue weighted by Gasteiger charge is -2.27. The molecule has 0 aromatic heterocycles. The van der Waals surface area contributed by atoms with Crippen LogP contribution in [0.1, 0.15) is 17.3 Å². The summed E-state index contributed by atoms with van der Waals surface area (Å²) in [4.78, 5) is 25.0. The van der Waals surface area contributed by atoms with Crippen molar-refractivity contribution in [2.45, 2.75) is 13.0 Å². The molecule has 0 aliphatic carbocycles. The minimum absolute atomic E-state index is 0.180. The quantitative estimate of drug-likeness (QED) is 0.752. The number of carbonyl (C=O) groups excluding carboxylic acids is 1. The molecule has 0 fully saturated rings. The molecule has 0 saturated heterocycles. The topological polar surface area (TPSA) is 98.1 Å². The summed E-state index contributed by atoms with van der Waals surface area (Å²) in [6.45, 7) is 1.37. The van der Waals surface area contributed by atoms with Crippen LogP contribution < -0.4 is 4.90 Å². The third-order valence-corrected chi connectivity index (χ3v) is 3.22. The van der Waals surface area contributed by atoms with Crippen molar-refractivity contribution in [1.29, 1.82) is 0 Å². The van der Waals surface area contributed by atoms with Crippen molar-refractivity contribution < 1.29 is 24.9 Å². The monoisotopic (exact) mass is 301 g/mol. The highest BCUT2D eigenvalue weighted by Gasteiger charge is 2.28. The van der Waals surface area contributed by atoms with E-state index in [4.69, 9.17) is 0 Å². The molecule has 114 valence electrons. The molecule has 6 nitrogen and oxygen atoms in total. The molecule has 0 radical (unpaired) electrons. The Bertz CT molecular complexity index is 699. The van der Waals surface area contributed by atoms with Crippen molar-refractivity contribution in [2.24, 2.45) is 0 Å². The van der Waals surface area contributed by atoms with Crippen LogP contribution >= 0.6 is 0 Å². The number of benzene rings is 2. The number of nitrogens with zero attached hydrogens (tertiary/aromatic N) is 1. The average molecular weight is 301 g/mol. The Morgan fingerprint density at radius 2 is 1.64 bits per heavy atom. The second-order valence-electron chi connectivity index (χ2n) is 4.73. The van der Waals surface area contributed by atoms with Gasteiger partial charge in [-0.2, -0.15) is 0 Å². The van der Waals surface area contributed by atoms with E-state index in [9.17, 15) is 24.9 Å². The zero-order valence-corrected chi connectivity index (χ0v) is 11.8. The van der Waals surface area contributed by atoms with E-state index < -0.39 is 23.7 Å². The Morgan fingerprint density at radius 3 is 2.18 bits per heavy atom. The summed E-state index contributed by atoms with van der Waals surface area (Å²) in [5, 5.41) is 28.2. The van der Waals surface area contributed by atoms with E-state index in [1.165, 1.54) is 19.1 Å². The number of carboxylic acids is 1. The number of aliphatic carboxylic acids is 1. The third kappa shape index (κ3) is 3.01. The maximum absolute atomic E-state index is 12.6. The molecule has 0 unspecified atom stereocenters. The van der Waals surface area contributed by atoms with Gasteiger partial charge < -0.3 is 15.3 Å². The van der Waals surface area contributed by atoms with E-state index in [2.05, 4.69) is 0 Å². The number of amides is 1. The molecule has 0 aliphatic heterocycles. The highest BCUT2D eigenvalue weighted by Crippen LogP contribution is 2.31. The van der Waals surface area contributed by atoms with Crippen molar-refractivity contribution >= 4 is 17.6 Å². The van der Waals surface area contributed by atoms with E-state index in [1.807, 2.05) is 0 Å². The second-order valence-corrected chi connectivity index (χ2v) is 4.73. The van der Waals surface area contributed by atoms with Gasteiger partial charge in [-0.3, -0.25) is 9.69 Å². The normalized spacial score (nSPS) is 11.7. The van der Waals surface area contributed by atoms with Gasteiger partial charge in [0.2, 0.25) is 0 Å². The molecule has 2 rings (SSSR count). The van der Waals surface area contributed by atoms with Gasteiger partial charge in [0.15, 0.2) is 11.5 Å². The number of rotatable bonds is 4. The van der Waals surface area contributed by atoms with E-state index in [1.54, 1.807) is 30.3 Å². The van der Waals surface area contributed by atoms with Gasteiger partial charge in [0.25, 0.3) is 5.91 Å². The maximum Gasteiger partial charge on any atom is 0.326 e. The molecule has 22 heavy (non-hydrogen) atoms. The van der Waals surface area contributed by atoms with Crippen LogP contribution in [-0.4, -0.2) is 33.2 Å². The molecule has 1 amide bonds. The largest absolute Gasteiger partial charge is 0.504 e. The van der Waals surface area contributed by atoms with E-state index in [0.717, 1.165) is 11.0 Å². The number of phenols is 2. The Labute approximate surface area is 126 Å². The summed E-state index contributed by atoms with van der Waals surface area (Å²) in [7, 11) is 0. The summed E-state index contributed by atoms with van der Waals surface area (Å²) in [5.41, 5.74) is 0.502. The predicted molar refractivity (Wildman–Crippen MR) is 80.1 cm³/mol. The number of anilines is 1. The standard InChI is InChI=1S/C16H15NO5/c1-10(16(21)22)17(12-7-8-13(18)14(19)9-12)15(20)11-5-3-2-4-6-11/h2-10,18-19H,1H3,(H,21,22)/t10-/m0/s1. The highest BCUT2D eigenvalue weighted by molar-refractivity contribution is 6.09. The van der Waals surface area contributed by atoms with Crippen LogP contribution in [0.5, 0.6) is 11.5 Å². The summed E-state index contributed by atoms with van der Waals surface area (Å²) in [5.74, 6) is -2.47. The lowest BCUT2D eigenvalue weighted by molar-refractivity contribution is -0.138.